The van der Waals surface area contributed by atoms with E-state index >= 15 is 0 Å². The van der Waals surface area contributed by atoms with Gasteiger partial charge in [0.1, 0.15) is 0 Å². The summed E-state index contributed by atoms with van der Waals surface area (Å²) in [5, 5.41) is 15.9. The van der Waals surface area contributed by atoms with Gasteiger partial charge in [-0.3, -0.25) is 20.2 Å². The minimum atomic E-state index is -4.56. The zero-order valence-corrected chi connectivity index (χ0v) is 17.7. The molecule has 0 bridgehead atoms. The maximum absolute atomic E-state index is 13.2. The van der Waals surface area contributed by atoms with Crippen LogP contribution in [0.4, 0.5) is 30.2 Å². The first kappa shape index (κ1) is 23.4. The number of ether oxygens (including phenoxy) is 1. The van der Waals surface area contributed by atoms with Crippen molar-refractivity contribution in [2.24, 2.45) is 0 Å². The normalized spacial score (nSPS) is 14.1. The molecule has 0 saturated carbocycles. The molecular weight excluding hydrogens is 449 g/mol. The Labute approximate surface area is 186 Å². The van der Waals surface area contributed by atoms with Gasteiger partial charge in [-0.15, -0.1) is 0 Å². The van der Waals surface area contributed by atoms with Gasteiger partial charge in [0.2, 0.25) is 0 Å². The van der Waals surface area contributed by atoms with Crippen LogP contribution in [0.25, 0.3) is 0 Å². The number of rotatable bonds is 4. The van der Waals surface area contributed by atoms with Gasteiger partial charge in [-0.25, -0.2) is 0 Å². The molecule has 0 aliphatic carbocycles. The van der Waals surface area contributed by atoms with E-state index in [1.54, 1.807) is 0 Å². The summed E-state index contributed by atoms with van der Waals surface area (Å²) < 4.78 is 45.0. The first-order chi connectivity index (χ1) is 15.1. The van der Waals surface area contributed by atoms with Crippen LogP contribution in [-0.2, 0) is 10.9 Å². The number of benzene rings is 2. The fourth-order valence-electron chi connectivity index (χ4n) is 3.28. The Balaban J connectivity index is 1.84. The van der Waals surface area contributed by atoms with E-state index in [9.17, 15) is 28.1 Å². The first-order valence-corrected chi connectivity index (χ1v) is 9.89. The van der Waals surface area contributed by atoms with Crippen molar-refractivity contribution in [3.63, 3.8) is 0 Å². The number of carbonyl (C=O) groups is 1. The highest BCUT2D eigenvalue weighted by molar-refractivity contribution is 7.80. The quantitative estimate of drug-likeness (QED) is 0.399. The average Bonchev–Trinajstić information content (AvgIpc) is 2.73. The maximum Gasteiger partial charge on any atom is 0.416 e. The number of thiocarbonyl (C=S) groups is 1. The van der Waals surface area contributed by atoms with Crippen molar-refractivity contribution in [1.29, 1.82) is 0 Å². The lowest BCUT2D eigenvalue weighted by molar-refractivity contribution is -0.385. The molecule has 0 atom stereocenters. The lowest BCUT2D eigenvalue weighted by Gasteiger charge is -2.31. The fourth-order valence-corrected chi connectivity index (χ4v) is 3.49. The molecule has 32 heavy (non-hydrogen) atoms. The zero-order chi connectivity index (χ0) is 23.5. The van der Waals surface area contributed by atoms with E-state index in [0.717, 1.165) is 12.1 Å². The molecule has 1 heterocycles. The highest BCUT2D eigenvalue weighted by atomic mass is 32.1. The van der Waals surface area contributed by atoms with Crippen LogP contribution in [0.5, 0.6) is 0 Å². The molecule has 0 aromatic heterocycles. The number of nitrogens with one attached hydrogen (secondary N) is 2. The number of alkyl halides is 3. The van der Waals surface area contributed by atoms with Crippen molar-refractivity contribution in [2.45, 2.75) is 13.1 Å². The molecular formula is C20H19F3N4O4S. The predicted molar refractivity (Wildman–Crippen MR) is 116 cm³/mol. The predicted octanol–water partition coefficient (Wildman–Crippen LogP) is 3.89. The molecule has 0 spiro atoms. The molecule has 2 aromatic rings. The number of carbonyl (C=O) groups excluding carboxylic acids is 1. The van der Waals surface area contributed by atoms with Crippen molar-refractivity contribution >= 4 is 40.3 Å². The smallest absolute Gasteiger partial charge is 0.378 e. The highest BCUT2D eigenvalue weighted by Gasteiger charge is 2.32. The minimum absolute atomic E-state index is 0.0285. The molecule has 12 heteroatoms. The van der Waals surface area contributed by atoms with Crippen molar-refractivity contribution < 1.29 is 27.6 Å². The molecule has 2 N–H and O–H groups in total. The van der Waals surface area contributed by atoms with E-state index < -0.39 is 22.6 Å². The van der Waals surface area contributed by atoms with Gasteiger partial charge >= 0.3 is 6.18 Å². The number of anilines is 2. The van der Waals surface area contributed by atoms with Gasteiger partial charge in [0.25, 0.3) is 11.6 Å². The van der Waals surface area contributed by atoms with E-state index in [1.165, 1.54) is 31.2 Å². The lowest BCUT2D eigenvalue weighted by atomic mass is 10.1. The van der Waals surface area contributed by atoms with E-state index in [2.05, 4.69) is 10.6 Å². The van der Waals surface area contributed by atoms with E-state index in [1.807, 2.05) is 4.90 Å². The number of halogens is 3. The third-order valence-corrected chi connectivity index (χ3v) is 5.10. The van der Waals surface area contributed by atoms with Gasteiger partial charge in [-0.2, -0.15) is 13.2 Å². The second-order valence-electron chi connectivity index (χ2n) is 6.94. The number of nitro groups is 1. The fraction of sp³-hybridized carbons (Fsp3) is 0.300. The minimum Gasteiger partial charge on any atom is -0.378 e. The van der Waals surface area contributed by atoms with Crippen molar-refractivity contribution in [1.82, 2.24) is 5.32 Å². The molecule has 2 aromatic carbocycles. The van der Waals surface area contributed by atoms with Crippen LogP contribution < -0.4 is 15.5 Å². The maximum atomic E-state index is 13.2. The first-order valence-electron chi connectivity index (χ1n) is 9.48. The summed E-state index contributed by atoms with van der Waals surface area (Å²) >= 11 is 5.14. The van der Waals surface area contributed by atoms with Crippen LogP contribution in [0.3, 0.4) is 0 Å². The van der Waals surface area contributed by atoms with Crippen molar-refractivity contribution in [3.05, 3.63) is 63.2 Å². The largest absolute Gasteiger partial charge is 0.416 e. The zero-order valence-electron chi connectivity index (χ0n) is 16.9. The van der Waals surface area contributed by atoms with E-state index in [-0.39, 0.29) is 27.6 Å². The molecule has 1 aliphatic heterocycles. The van der Waals surface area contributed by atoms with Gasteiger partial charge in [-0.05, 0) is 43.4 Å². The SMILES string of the molecule is Cc1c(C(=O)NC(=S)Nc2cc(C(F)(F)F)ccc2N2CCOCC2)cccc1[N+](=O)[O-]. The van der Waals surface area contributed by atoms with Crippen molar-refractivity contribution in [2.75, 3.05) is 36.5 Å². The van der Waals surface area contributed by atoms with Gasteiger partial charge in [0.15, 0.2) is 5.11 Å². The van der Waals surface area contributed by atoms with E-state index in [4.69, 9.17) is 17.0 Å². The summed E-state index contributed by atoms with van der Waals surface area (Å²) in [6, 6.07) is 7.25. The second-order valence-corrected chi connectivity index (χ2v) is 7.35. The Morgan fingerprint density at radius 3 is 2.53 bits per heavy atom. The second kappa shape index (κ2) is 9.49. The van der Waals surface area contributed by atoms with Crippen LogP contribution in [-0.4, -0.2) is 42.2 Å². The molecule has 0 radical (unpaired) electrons. The molecule has 1 amide bonds. The monoisotopic (exact) mass is 468 g/mol. The Morgan fingerprint density at radius 2 is 1.91 bits per heavy atom. The standard InChI is InChI=1S/C20H19F3N4O4S/c1-12-14(3-2-4-16(12)27(29)30)18(28)25-19(32)24-15-11-13(20(21,22)23)5-6-17(15)26-7-9-31-10-8-26/h2-6,11H,7-10H2,1H3,(H2,24,25,28,32). The summed E-state index contributed by atoms with van der Waals surface area (Å²) in [4.78, 5) is 24.9. The van der Waals surface area contributed by atoms with Crippen LogP contribution in [0.2, 0.25) is 0 Å². The molecule has 170 valence electrons. The third-order valence-electron chi connectivity index (χ3n) is 4.90. The Bertz CT molecular complexity index is 1060. The molecule has 0 unspecified atom stereocenters. The molecule has 3 rings (SSSR count). The topological polar surface area (TPSA) is 96.7 Å². The number of nitrogens with zero attached hydrogens (tertiary/aromatic N) is 2. The molecule has 1 saturated heterocycles. The summed E-state index contributed by atoms with van der Waals surface area (Å²) in [7, 11) is 0. The van der Waals surface area contributed by atoms with Gasteiger partial charge < -0.3 is 15.0 Å². The summed E-state index contributed by atoms with van der Waals surface area (Å²) in [5.41, 5.74) is -0.386. The molecule has 8 nitrogen and oxygen atoms in total. The van der Waals surface area contributed by atoms with E-state index in [0.29, 0.717) is 32.0 Å². The molecule has 1 fully saturated rings. The number of hydrogen-bond donors (Lipinski definition) is 2. The Hall–Kier alpha value is -3.25. The van der Waals surface area contributed by atoms with Gasteiger partial charge in [0.05, 0.1) is 35.1 Å². The summed E-state index contributed by atoms with van der Waals surface area (Å²) in [5.74, 6) is -0.719. The highest BCUT2D eigenvalue weighted by Crippen LogP contribution is 2.35. The third kappa shape index (κ3) is 5.32. The summed E-state index contributed by atoms with van der Waals surface area (Å²) in [6.07, 6.45) is -4.56. The lowest BCUT2D eigenvalue weighted by Crippen LogP contribution is -2.38. The Morgan fingerprint density at radius 1 is 1.22 bits per heavy atom. The van der Waals surface area contributed by atoms with Crippen LogP contribution in [0, 0.1) is 17.0 Å². The van der Waals surface area contributed by atoms with Crippen molar-refractivity contribution in [3.8, 4) is 0 Å². The number of hydrogen-bond acceptors (Lipinski definition) is 6. The number of morpholine rings is 1. The van der Waals surface area contributed by atoms with Gasteiger partial charge in [0, 0.05) is 30.3 Å². The van der Waals surface area contributed by atoms with Gasteiger partial charge in [-0.1, -0.05) is 6.07 Å². The Kier molecular flexibility index (Phi) is 6.94. The molecule has 1 aliphatic rings. The number of amides is 1. The summed E-state index contributed by atoms with van der Waals surface area (Å²) in [6.45, 7) is 3.23. The van der Waals surface area contributed by atoms with Crippen LogP contribution >= 0.6 is 12.2 Å². The van der Waals surface area contributed by atoms with Crippen LogP contribution in [0.15, 0.2) is 36.4 Å². The average molecular weight is 468 g/mol. The number of nitro benzene ring substituents is 1. The van der Waals surface area contributed by atoms with Crippen LogP contribution in [0.1, 0.15) is 21.5 Å².